The van der Waals surface area contributed by atoms with Gasteiger partial charge in [0.1, 0.15) is 11.6 Å². The van der Waals surface area contributed by atoms with E-state index in [-0.39, 0.29) is 12.1 Å². The molecule has 10 heteroatoms. The molecule has 0 aliphatic rings. The molecule has 30 heavy (non-hydrogen) atoms. The van der Waals surface area contributed by atoms with E-state index in [1.54, 1.807) is 18.4 Å². The van der Waals surface area contributed by atoms with E-state index in [0.29, 0.717) is 45.1 Å². The van der Waals surface area contributed by atoms with E-state index < -0.39 is 17.2 Å². The Balaban J connectivity index is 1.79. The van der Waals surface area contributed by atoms with Crippen LogP contribution in [0.15, 0.2) is 39.9 Å². The number of aryl methyl sites for hydroxylation is 2. The van der Waals surface area contributed by atoms with Crippen molar-refractivity contribution in [3.05, 3.63) is 69.6 Å². The monoisotopic (exact) mass is 408 g/mol. The highest BCUT2D eigenvalue weighted by atomic mass is 19.2. The Bertz CT molecular complexity index is 1480. The minimum absolute atomic E-state index is 0.125. The number of hydrogen-bond acceptors (Lipinski definition) is 6. The van der Waals surface area contributed by atoms with Gasteiger partial charge in [-0.3, -0.25) is 4.79 Å². The Labute approximate surface area is 167 Å². The summed E-state index contributed by atoms with van der Waals surface area (Å²) in [5.41, 5.74) is 1.94. The molecule has 0 amide bonds. The predicted molar refractivity (Wildman–Crippen MR) is 104 cm³/mol. The molecule has 4 heterocycles. The van der Waals surface area contributed by atoms with Gasteiger partial charge in [0.25, 0.3) is 0 Å². The fourth-order valence-electron chi connectivity index (χ4n) is 3.63. The predicted octanol–water partition coefficient (Wildman–Crippen LogP) is 3.27. The van der Waals surface area contributed by atoms with Gasteiger partial charge in [-0.2, -0.15) is 0 Å². The Kier molecular flexibility index (Phi) is 3.95. The van der Waals surface area contributed by atoms with E-state index >= 15 is 0 Å². The van der Waals surface area contributed by atoms with Crippen LogP contribution in [0.4, 0.5) is 8.78 Å². The molecule has 0 spiro atoms. The molecule has 0 saturated carbocycles. The summed E-state index contributed by atoms with van der Waals surface area (Å²) in [4.78, 5) is 27.7. The molecular weight excluding hydrogens is 394 g/mol. The molecule has 0 aliphatic heterocycles. The summed E-state index contributed by atoms with van der Waals surface area (Å²) in [5.74, 6) is -1.07. The molecular formula is C20H14F2N6O2. The summed E-state index contributed by atoms with van der Waals surface area (Å²) in [5, 5.41) is 4.36. The molecule has 150 valence electrons. The number of aromatic amines is 1. The zero-order chi connectivity index (χ0) is 21.0. The van der Waals surface area contributed by atoms with Crippen LogP contribution in [0, 0.1) is 25.5 Å². The van der Waals surface area contributed by atoms with Gasteiger partial charge in [0, 0.05) is 23.8 Å². The Morgan fingerprint density at radius 2 is 1.97 bits per heavy atom. The second-order valence-corrected chi connectivity index (χ2v) is 6.87. The molecule has 1 aromatic carbocycles. The highest BCUT2D eigenvalue weighted by Crippen LogP contribution is 2.30. The zero-order valence-electron chi connectivity index (χ0n) is 15.9. The Morgan fingerprint density at radius 1 is 1.17 bits per heavy atom. The third kappa shape index (κ3) is 2.68. The van der Waals surface area contributed by atoms with Crippen LogP contribution in [0.25, 0.3) is 33.6 Å². The zero-order valence-corrected chi connectivity index (χ0v) is 15.9. The van der Waals surface area contributed by atoms with Crippen LogP contribution in [0.5, 0.6) is 0 Å². The summed E-state index contributed by atoms with van der Waals surface area (Å²) in [6, 6.07) is 3.80. The topological polar surface area (TPSA) is 102 Å². The number of nitrogens with one attached hydrogen (secondary N) is 1. The van der Waals surface area contributed by atoms with E-state index in [0.717, 1.165) is 6.07 Å². The van der Waals surface area contributed by atoms with Gasteiger partial charge in [-0.15, -0.1) is 0 Å². The number of benzene rings is 1. The van der Waals surface area contributed by atoms with E-state index in [1.807, 2.05) is 0 Å². The number of aromatic nitrogens is 6. The number of rotatable bonds is 3. The minimum atomic E-state index is -1.10. The van der Waals surface area contributed by atoms with E-state index in [9.17, 15) is 13.6 Å². The maximum absolute atomic E-state index is 14.3. The average Bonchev–Trinajstić information content (AvgIpc) is 3.24. The van der Waals surface area contributed by atoms with Gasteiger partial charge in [0.15, 0.2) is 22.9 Å². The van der Waals surface area contributed by atoms with Crippen molar-refractivity contribution in [3.63, 3.8) is 0 Å². The maximum atomic E-state index is 14.3. The normalized spacial score (nSPS) is 11.6. The van der Waals surface area contributed by atoms with Gasteiger partial charge in [0.2, 0.25) is 5.56 Å². The smallest absolute Gasteiger partial charge is 0.248 e. The second-order valence-electron chi connectivity index (χ2n) is 6.87. The fraction of sp³-hybridized carbons (Fsp3) is 0.150. The van der Waals surface area contributed by atoms with Crippen molar-refractivity contribution in [1.29, 1.82) is 0 Å². The van der Waals surface area contributed by atoms with Crippen molar-refractivity contribution < 1.29 is 13.3 Å². The molecule has 0 unspecified atom stereocenters. The van der Waals surface area contributed by atoms with Crippen LogP contribution in [0.3, 0.4) is 0 Å². The quantitative estimate of drug-likeness (QED) is 0.492. The van der Waals surface area contributed by atoms with Crippen LogP contribution in [0.1, 0.15) is 17.0 Å². The molecule has 5 rings (SSSR count). The Morgan fingerprint density at radius 3 is 2.73 bits per heavy atom. The first-order chi connectivity index (χ1) is 14.4. The van der Waals surface area contributed by atoms with Crippen molar-refractivity contribution in [2.24, 2.45) is 0 Å². The van der Waals surface area contributed by atoms with Gasteiger partial charge < -0.3 is 14.1 Å². The van der Waals surface area contributed by atoms with Gasteiger partial charge >= 0.3 is 0 Å². The summed E-state index contributed by atoms with van der Waals surface area (Å²) in [6.07, 6.45) is 3.06. The molecule has 0 fully saturated rings. The standard InChI is InChI=1S/C20H14F2N6O2/c1-9-15(10(2)30-27-9)19-26-18-20(24-6-5-23-18)28(19)8-11-7-14(29)25-17-12(11)3-4-13(21)16(17)22/h3-7H,8H2,1-2H3,(H,25,29). The number of fused-ring (bicyclic) bond motifs is 2. The molecule has 0 bridgehead atoms. The first kappa shape index (κ1) is 18.1. The summed E-state index contributed by atoms with van der Waals surface area (Å²) in [6.45, 7) is 3.68. The SMILES string of the molecule is Cc1noc(C)c1-c1nc2nccnc2n1Cc1cc(=O)[nH]c2c(F)c(F)ccc12. The van der Waals surface area contributed by atoms with E-state index in [1.165, 1.54) is 24.5 Å². The summed E-state index contributed by atoms with van der Waals surface area (Å²) < 4.78 is 35.0. The third-order valence-electron chi connectivity index (χ3n) is 4.96. The van der Waals surface area contributed by atoms with E-state index in [2.05, 4.69) is 25.1 Å². The molecule has 0 aliphatic carbocycles. The first-order valence-electron chi connectivity index (χ1n) is 9.04. The van der Waals surface area contributed by atoms with Crippen LogP contribution in [0.2, 0.25) is 0 Å². The summed E-state index contributed by atoms with van der Waals surface area (Å²) >= 11 is 0. The maximum Gasteiger partial charge on any atom is 0.248 e. The van der Waals surface area contributed by atoms with Gasteiger partial charge in [-0.05, 0) is 31.5 Å². The highest BCUT2D eigenvalue weighted by molar-refractivity contribution is 5.83. The van der Waals surface area contributed by atoms with Crippen LogP contribution >= 0.6 is 0 Å². The summed E-state index contributed by atoms with van der Waals surface area (Å²) in [7, 11) is 0. The van der Waals surface area contributed by atoms with Crippen LogP contribution in [-0.2, 0) is 6.54 Å². The number of nitrogens with zero attached hydrogens (tertiary/aromatic N) is 5. The lowest BCUT2D eigenvalue weighted by Gasteiger charge is -2.11. The van der Waals surface area contributed by atoms with Gasteiger partial charge in [0.05, 0.1) is 23.3 Å². The minimum Gasteiger partial charge on any atom is -0.361 e. The average molecular weight is 408 g/mol. The molecule has 1 N–H and O–H groups in total. The lowest BCUT2D eigenvalue weighted by Crippen LogP contribution is -2.12. The molecule has 0 atom stereocenters. The lowest BCUT2D eigenvalue weighted by atomic mass is 10.1. The van der Waals surface area contributed by atoms with Crippen molar-refractivity contribution in [2.45, 2.75) is 20.4 Å². The highest BCUT2D eigenvalue weighted by Gasteiger charge is 2.22. The third-order valence-corrected chi connectivity index (χ3v) is 4.96. The Hall–Kier alpha value is -3.95. The van der Waals surface area contributed by atoms with Crippen LogP contribution < -0.4 is 5.56 Å². The molecule has 5 aromatic rings. The van der Waals surface area contributed by atoms with E-state index in [4.69, 9.17) is 4.52 Å². The first-order valence-corrected chi connectivity index (χ1v) is 9.04. The largest absolute Gasteiger partial charge is 0.361 e. The van der Waals surface area contributed by atoms with Crippen molar-refractivity contribution in [2.75, 3.05) is 0 Å². The second kappa shape index (κ2) is 6.55. The number of H-pyrrole nitrogens is 1. The number of hydrogen-bond donors (Lipinski definition) is 1. The number of pyridine rings is 1. The molecule has 8 nitrogen and oxygen atoms in total. The molecule has 0 radical (unpaired) electrons. The van der Waals surface area contributed by atoms with Gasteiger partial charge in [-0.1, -0.05) is 5.16 Å². The molecule has 0 saturated heterocycles. The lowest BCUT2D eigenvalue weighted by molar-refractivity contribution is 0.393. The van der Waals surface area contributed by atoms with Gasteiger partial charge in [-0.25, -0.2) is 23.7 Å². The molecule has 4 aromatic heterocycles. The fourth-order valence-corrected chi connectivity index (χ4v) is 3.63. The van der Waals surface area contributed by atoms with Crippen LogP contribution in [-0.4, -0.2) is 29.7 Å². The number of imidazole rings is 1. The van der Waals surface area contributed by atoms with Crippen molar-refractivity contribution in [3.8, 4) is 11.4 Å². The number of halogens is 2. The van der Waals surface area contributed by atoms with Crippen molar-refractivity contribution in [1.82, 2.24) is 29.7 Å². The van der Waals surface area contributed by atoms with Crippen molar-refractivity contribution >= 4 is 22.2 Å².